The molecule has 0 radical (unpaired) electrons. The lowest BCUT2D eigenvalue weighted by atomic mass is 10.1. The molecule has 1 N–H and O–H groups in total. The van der Waals surface area contributed by atoms with Crippen LogP contribution in [0.1, 0.15) is 29.7 Å². The van der Waals surface area contributed by atoms with Gasteiger partial charge in [0.15, 0.2) is 0 Å². The van der Waals surface area contributed by atoms with Gasteiger partial charge >= 0.3 is 0 Å². The molecule has 0 bridgehead atoms. The molecule has 2 rings (SSSR count). The SMILES string of the molecule is Cc1ccc(C(C)NS(=O)(=O)Cc2ccccc2)cc1. The fourth-order valence-corrected chi connectivity index (χ4v) is 3.42. The zero-order valence-corrected chi connectivity index (χ0v) is 12.5. The van der Waals surface area contributed by atoms with Gasteiger partial charge in [0.25, 0.3) is 0 Å². The fourth-order valence-electron chi connectivity index (χ4n) is 2.03. The number of aryl methyl sites for hydroxylation is 1. The molecule has 0 saturated heterocycles. The summed E-state index contributed by atoms with van der Waals surface area (Å²) in [6.45, 7) is 3.86. The molecule has 0 aliphatic carbocycles. The Kier molecular flexibility index (Phi) is 4.57. The van der Waals surface area contributed by atoms with Gasteiger partial charge in [-0.2, -0.15) is 0 Å². The average Bonchev–Trinajstić information content (AvgIpc) is 2.39. The van der Waals surface area contributed by atoms with Crippen LogP contribution in [0, 0.1) is 6.92 Å². The van der Waals surface area contributed by atoms with Gasteiger partial charge in [-0.25, -0.2) is 13.1 Å². The van der Waals surface area contributed by atoms with Crippen molar-refractivity contribution in [1.82, 2.24) is 4.72 Å². The largest absolute Gasteiger partial charge is 0.216 e. The average molecular weight is 289 g/mol. The summed E-state index contributed by atoms with van der Waals surface area (Å²) >= 11 is 0. The van der Waals surface area contributed by atoms with Crippen molar-refractivity contribution in [2.75, 3.05) is 0 Å². The Bertz CT molecular complexity index is 649. The van der Waals surface area contributed by atoms with Crippen molar-refractivity contribution in [2.45, 2.75) is 25.6 Å². The zero-order chi connectivity index (χ0) is 14.6. The Labute approximate surface area is 120 Å². The topological polar surface area (TPSA) is 46.2 Å². The Morgan fingerprint density at radius 3 is 2.20 bits per heavy atom. The van der Waals surface area contributed by atoms with Crippen LogP contribution in [0.2, 0.25) is 0 Å². The minimum atomic E-state index is -3.34. The van der Waals surface area contributed by atoms with Crippen LogP contribution in [0.3, 0.4) is 0 Å². The molecule has 0 aromatic heterocycles. The van der Waals surface area contributed by atoms with Crippen LogP contribution in [0.5, 0.6) is 0 Å². The van der Waals surface area contributed by atoms with E-state index in [9.17, 15) is 8.42 Å². The number of nitrogens with one attached hydrogen (secondary N) is 1. The third kappa shape index (κ3) is 4.18. The van der Waals surface area contributed by atoms with E-state index in [0.717, 1.165) is 16.7 Å². The lowest BCUT2D eigenvalue weighted by Gasteiger charge is -2.15. The summed E-state index contributed by atoms with van der Waals surface area (Å²) in [6, 6.07) is 16.8. The van der Waals surface area contributed by atoms with Crippen LogP contribution in [-0.4, -0.2) is 8.42 Å². The van der Waals surface area contributed by atoms with Gasteiger partial charge in [0.2, 0.25) is 10.0 Å². The molecule has 2 aromatic rings. The predicted molar refractivity (Wildman–Crippen MR) is 81.8 cm³/mol. The molecule has 2 aromatic carbocycles. The summed E-state index contributed by atoms with van der Waals surface area (Å²) in [5, 5.41) is 0. The van der Waals surface area contributed by atoms with Crippen molar-refractivity contribution in [3.63, 3.8) is 0 Å². The molecular weight excluding hydrogens is 270 g/mol. The molecule has 0 amide bonds. The van der Waals surface area contributed by atoms with Crippen molar-refractivity contribution < 1.29 is 8.42 Å². The first-order valence-corrected chi connectivity index (χ1v) is 8.22. The monoisotopic (exact) mass is 289 g/mol. The molecule has 0 heterocycles. The van der Waals surface area contributed by atoms with Crippen molar-refractivity contribution in [1.29, 1.82) is 0 Å². The molecule has 4 heteroatoms. The van der Waals surface area contributed by atoms with Crippen molar-refractivity contribution >= 4 is 10.0 Å². The van der Waals surface area contributed by atoms with Crippen LogP contribution in [-0.2, 0) is 15.8 Å². The van der Waals surface area contributed by atoms with Crippen molar-refractivity contribution in [3.05, 3.63) is 71.3 Å². The first-order valence-electron chi connectivity index (χ1n) is 6.57. The van der Waals surface area contributed by atoms with E-state index in [2.05, 4.69) is 4.72 Å². The number of sulfonamides is 1. The lowest BCUT2D eigenvalue weighted by molar-refractivity contribution is 0.566. The zero-order valence-electron chi connectivity index (χ0n) is 11.7. The summed E-state index contributed by atoms with van der Waals surface area (Å²) in [5.74, 6) is 0.00401. The highest BCUT2D eigenvalue weighted by molar-refractivity contribution is 7.88. The van der Waals surface area contributed by atoms with E-state index in [4.69, 9.17) is 0 Å². The van der Waals surface area contributed by atoms with Gasteiger partial charge in [-0.05, 0) is 25.0 Å². The minimum Gasteiger partial charge on any atom is -0.212 e. The molecule has 0 spiro atoms. The van der Waals surface area contributed by atoms with Crippen LogP contribution in [0.15, 0.2) is 54.6 Å². The molecule has 1 unspecified atom stereocenters. The van der Waals surface area contributed by atoms with Gasteiger partial charge < -0.3 is 0 Å². The normalized spacial score (nSPS) is 13.1. The first-order chi connectivity index (χ1) is 9.46. The Morgan fingerprint density at radius 1 is 1.00 bits per heavy atom. The van der Waals surface area contributed by atoms with E-state index in [1.54, 1.807) is 0 Å². The summed E-state index contributed by atoms with van der Waals surface area (Å²) in [7, 11) is -3.34. The van der Waals surface area contributed by atoms with Gasteiger partial charge in [0.05, 0.1) is 5.75 Å². The lowest BCUT2D eigenvalue weighted by Crippen LogP contribution is -2.28. The van der Waals surface area contributed by atoms with Gasteiger partial charge in [-0.1, -0.05) is 60.2 Å². The van der Waals surface area contributed by atoms with Crippen LogP contribution < -0.4 is 4.72 Å². The van der Waals surface area contributed by atoms with Crippen molar-refractivity contribution in [3.8, 4) is 0 Å². The maximum absolute atomic E-state index is 12.1. The highest BCUT2D eigenvalue weighted by Crippen LogP contribution is 2.15. The van der Waals surface area contributed by atoms with Gasteiger partial charge in [0, 0.05) is 6.04 Å². The molecule has 3 nitrogen and oxygen atoms in total. The maximum Gasteiger partial charge on any atom is 0.216 e. The van der Waals surface area contributed by atoms with E-state index < -0.39 is 10.0 Å². The summed E-state index contributed by atoms with van der Waals surface area (Å²) in [6.07, 6.45) is 0. The Morgan fingerprint density at radius 2 is 1.60 bits per heavy atom. The van der Waals surface area contributed by atoms with Crippen LogP contribution in [0.25, 0.3) is 0 Å². The summed E-state index contributed by atoms with van der Waals surface area (Å²) < 4.78 is 27.0. The smallest absolute Gasteiger partial charge is 0.212 e. The fraction of sp³-hybridized carbons (Fsp3) is 0.250. The molecule has 1 atom stereocenters. The van der Waals surface area contributed by atoms with E-state index >= 15 is 0 Å². The predicted octanol–water partition coefficient (Wildman–Crippen LogP) is 3.18. The summed E-state index contributed by atoms with van der Waals surface area (Å²) in [4.78, 5) is 0. The highest BCUT2D eigenvalue weighted by atomic mass is 32.2. The second-order valence-corrected chi connectivity index (χ2v) is 6.75. The quantitative estimate of drug-likeness (QED) is 0.919. The third-order valence-electron chi connectivity index (χ3n) is 3.13. The molecule has 0 saturated carbocycles. The van der Waals surface area contributed by atoms with Crippen LogP contribution in [0.4, 0.5) is 0 Å². The Hall–Kier alpha value is -1.65. The molecule has 106 valence electrons. The molecule has 0 aliphatic heterocycles. The van der Waals surface area contributed by atoms with Gasteiger partial charge in [-0.3, -0.25) is 0 Å². The molecular formula is C16H19NO2S. The maximum atomic E-state index is 12.1. The molecule has 0 aliphatic rings. The van der Waals surface area contributed by atoms with E-state index in [-0.39, 0.29) is 11.8 Å². The van der Waals surface area contributed by atoms with Gasteiger partial charge in [-0.15, -0.1) is 0 Å². The van der Waals surface area contributed by atoms with Crippen molar-refractivity contribution in [2.24, 2.45) is 0 Å². The molecule has 20 heavy (non-hydrogen) atoms. The third-order valence-corrected chi connectivity index (χ3v) is 4.56. The van der Waals surface area contributed by atoms with E-state index in [1.165, 1.54) is 0 Å². The van der Waals surface area contributed by atoms with Gasteiger partial charge in [0.1, 0.15) is 0 Å². The second-order valence-electron chi connectivity index (χ2n) is 4.99. The summed E-state index contributed by atoms with van der Waals surface area (Å²) in [5.41, 5.74) is 2.91. The second kappa shape index (κ2) is 6.20. The number of rotatable bonds is 5. The Balaban J connectivity index is 2.06. The van der Waals surface area contributed by atoms with E-state index in [1.807, 2.05) is 68.4 Å². The molecule has 0 fully saturated rings. The van der Waals surface area contributed by atoms with E-state index in [0.29, 0.717) is 0 Å². The number of hydrogen-bond acceptors (Lipinski definition) is 2. The minimum absolute atomic E-state index is 0.00401. The highest BCUT2D eigenvalue weighted by Gasteiger charge is 2.16. The number of benzene rings is 2. The standard InChI is InChI=1S/C16H19NO2S/c1-13-8-10-16(11-9-13)14(2)17-20(18,19)12-15-6-4-3-5-7-15/h3-11,14,17H,12H2,1-2H3. The number of hydrogen-bond donors (Lipinski definition) is 1. The first kappa shape index (κ1) is 14.8. The van der Waals surface area contributed by atoms with Crippen LogP contribution >= 0.6 is 0 Å².